The van der Waals surface area contributed by atoms with E-state index in [0.717, 1.165) is 38.7 Å². The molecule has 2 aromatic rings. The predicted octanol–water partition coefficient (Wildman–Crippen LogP) is 6.28. The summed E-state index contributed by atoms with van der Waals surface area (Å²) in [7, 11) is 1.76. The number of unbranched alkanes of at least 4 members (excludes halogenated alkanes) is 3. The molecule has 1 aliphatic carbocycles. The lowest BCUT2D eigenvalue weighted by molar-refractivity contribution is 0.117. The van der Waals surface area contributed by atoms with Crippen molar-refractivity contribution in [3.8, 4) is 5.75 Å². The van der Waals surface area contributed by atoms with Gasteiger partial charge in [-0.3, -0.25) is 0 Å². The lowest BCUT2D eigenvalue weighted by atomic mass is 9.80. The average Bonchev–Trinajstić information content (AvgIpc) is 2.74. The van der Waals surface area contributed by atoms with Crippen molar-refractivity contribution in [2.45, 2.75) is 71.1 Å². The Morgan fingerprint density at radius 1 is 1.10 bits per heavy atom. The number of methoxy groups -OCH3 is 1. The normalized spacial score (nSPS) is 19.3. The van der Waals surface area contributed by atoms with Crippen molar-refractivity contribution in [2.24, 2.45) is 11.8 Å². The molecular weight excluding hydrogens is 383 g/mol. The maximum Gasteiger partial charge on any atom is 0.346 e. The Labute approximate surface area is 178 Å². The number of fused-ring (bicyclic) bond motifs is 1. The van der Waals surface area contributed by atoms with Gasteiger partial charge in [0.1, 0.15) is 11.1 Å². The molecule has 1 fully saturated rings. The van der Waals surface area contributed by atoms with E-state index in [0.29, 0.717) is 36.0 Å². The van der Waals surface area contributed by atoms with Crippen LogP contribution >= 0.6 is 0 Å². The van der Waals surface area contributed by atoms with Gasteiger partial charge < -0.3 is 13.9 Å². The van der Waals surface area contributed by atoms with Gasteiger partial charge >= 0.3 is 5.63 Å². The summed E-state index contributed by atoms with van der Waals surface area (Å²) in [5.74, 6) is 1.49. The van der Waals surface area contributed by atoms with Gasteiger partial charge in [-0.25, -0.2) is 9.18 Å². The number of rotatable bonds is 11. The van der Waals surface area contributed by atoms with Gasteiger partial charge in [0.05, 0.1) is 6.61 Å². The van der Waals surface area contributed by atoms with Crippen molar-refractivity contribution in [3.05, 3.63) is 40.2 Å². The third kappa shape index (κ3) is 6.07. The largest absolute Gasteiger partial charge is 0.490 e. The first kappa shape index (κ1) is 22.8. The summed E-state index contributed by atoms with van der Waals surface area (Å²) in [6, 6.07) is 5.19. The molecule has 0 N–H and O–H groups in total. The minimum atomic E-state index is -0.611. The zero-order valence-corrected chi connectivity index (χ0v) is 18.4. The molecule has 0 bridgehead atoms. The van der Waals surface area contributed by atoms with Crippen molar-refractivity contribution in [1.29, 1.82) is 0 Å². The highest BCUT2D eigenvalue weighted by molar-refractivity contribution is 5.83. The van der Waals surface area contributed by atoms with E-state index >= 15 is 0 Å². The van der Waals surface area contributed by atoms with Crippen LogP contribution in [0.25, 0.3) is 10.8 Å². The second kappa shape index (κ2) is 11.5. The zero-order chi connectivity index (χ0) is 21.3. The maximum absolute atomic E-state index is 14.8. The quantitative estimate of drug-likeness (QED) is 0.403. The fourth-order valence-electron chi connectivity index (χ4n) is 4.49. The maximum atomic E-state index is 14.8. The van der Waals surface area contributed by atoms with Crippen LogP contribution in [-0.4, -0.2) is 20.3 Å². The van der Waals surface area contributed by atoms with E-state index in [1.54, 1.807) is 25.3 Å². The van der Waals surface area contributed by atoms with Crippen LogP contribution in [0.5, 0.6) is 5.75 Å². The Bertz CT molecular complexity index is 852. The molecule has 1 aromatic carbocycles. The van der Waals surface area contributed by atoms with Crippen molar-refractivity contribution < 1.29 is 18.3 Å². The topological polar surface area (TPSA) is 48.7 Å². The van der Waals surface area contributed by atoms with E-state index in [2.05, 4.69) is 6.92 Å². The minimum absolute atomic E-state index is 0.00937. The summed E-state index contributed by atoms with van der Waals surface area (Å²) in [6.07, 6.45) is 10.7. The third-order valence-electron chi connectivity index (χ3n) is 6.31. The van der Waals surface area contributed by atoms with Gasteiger partial charge in [0.2, 0.25) is 0 Å². The van der Waals surface area contributed by atoms with Gasteiger partial charge in [-0.15, -0.1) is 0 Å². The third-order valence-corrected chi connectivity index (χ3v) is 6.31. The molecule has 5 heteroatoms. The van der Waals surface area contributed by atoms with E-state index in [1.807, 2.05) is 0 Å². The van der Waals surface area contributed by atoms with Gasteiger partial charge in [0.15, 0.2) is 11.6 Å². The molecule has 0 amide bonds. The van der Waals surface area contributed by atoms with Crippen LogP contribution in [0.15, 0.2) is 27.4 Å². The molecule has 0 radical (unpaired) electrons. The van der Waals surface area contributed by atoms with Gasteiger partial charge in [0, 0.05) is 20.1 Å². The number of halogens is 1. The Balaban J connectivity index is 1.60. The van der Waals surface area contributed by atoms with Crippen LogP contribution in [0, 0.1) is 17.7 Å². The number of benzene rings is 1. The van der Waals surface area contributed by atoms with Gasteiger partial charge in [0.25, 0.3) is 0 Å². The van der Waals surface area contributed by atoms with Gasteiger partial charge in [-0.2, -0.15) is 0 Å². The minimum Gasteiger partial charge on any atom is -0.490 e. The summed E-state index contributed by atoms with van der Waals surface area (Å²) < 4.78 is 31.1. The summed E-state index contributed by atoms with van der Waals surface area (Å²) in [6.45, 7) is 3.45. The molecule has 1 saturated carbocycles. The molecule has 4 nitrogen and oxygen atoms in total. The van der Waals surface area contributed by atoms with Crippen molar-refractivity contribution in [1.82, 2.24) is 0 Å². The summed E-state index contributed by atoms with van der Waals surface area (Å²) in [5, 5.41) is 0.575. The summed E-state index contributed by atoms with van der Waals surface area (Å²) in [4.78, 5) is 12.5. The molecular formula is C25H35FO4. The first-order valence-electron chi connectivity index (χ1n) is 11.5. The van der Waals surface area contributed by atoms with Crippen molar-refractivity contribution >= 4 is 10.8 Å². The fraction of sp³-hybridized carbons (Fsp3) is 0.640. The van der Waals surface area contributed by atoms with Crippen LogP contribution in [0.3, 0.4) is 0 Å². The summed E-state index contributed by atoms with van der Waals surface area (Å²) in [5.41, 5.74) is -0.611. The predicted molar refractivity (Wildman–Crippen MR) is 118 cm³/mol. The smallest absolute Gasteiger partial charge is 0.346 e. The molecule has 1 aliphatic rings. The molecule has 3 rings (SSSR count). The van der Waals surface area contributed by atoms with Crippen LogP contribution < -0.4 is 10.4 Å². The highest BCUT2D eigenvalue weighted by Gasteiger charge is 2.21. The highest BCUT2D eigenvalue weighted by atomic mass is 19.1. The molecule has 0 atom stereocenters. The lowest BCUT2D eigenvalue weighted by Crippen LogP contribution is -2.18. The molecule has 166 valence electrons. The fourth-order valence-corrected chi connectivity index (χ4v) is 4.49. The second-order valence-electron chi connectivity index (χ2n) is 8.63. The molecule has 1 heterocycles. The van der Waals surface area contributed by atoms with E-state index in [4.69, 9.17) is 13.9 Å². The van der Waals surface area contributed by atoms with E-state index in [-0.39, 0.29) is 11.1 Å². The molecule has 0 saturated heterocycles. The number of hydrogen-bond acceptors (Lipinski definition) is 4. The lowest BCUT2D eigenvalue weighted by Gasteiger charge is -2.27. The first-order valence-corrected chi connectivity index (χ1v) is 11.5. The van der Waals surface area contributed by atoms with Crippen LogP contribution in [-0.2, 0) is 11.2 Å². The second-order valence-corrected chi connectivity index (χ2v) is 8.63. The molecule has 0 unspecified atom stereocenters. The van der Waals surface area contributed by atoms with E-state index in [9.17, 15) is 9.18 Å². The Hall–Kier alpha value is -1.88. The number of ether oxygens (including phenoxy) is 2. The number of hydrogen-bond donors (Lipinski definition) is 0. The monoisotopic (exact) mass is 418 g/mol. The average molecular weight is 419 g/mol. The Morgan fingerprint density at radius 2 is 1.87 bits per heavy atom. The SMILES string of the molecule is CCCCCCOc1ccc2cc(CCC3CCC(COC)CC3)oc(=O)c2c1F. The zero-order valence-electron chi connectivity index (χ0n) is 18.4. The van der Waals surface area contributed by atoms with E-state index < -0.39 is 11.4 Å². The van der Waals surface area contributed by atoms with Gasteiger partial charge in [-0.1, -0.05) is 45.1 Å². The Morgan fingerprint density at radius 3 is 2.60 bits per heavy atom. The first-order chi connectivity index (χ1) is 14.6. The molecule has 0 aliphatic heterocycles. The number of aryl methyl sites for hydroxylation is 1. The van der Waals surface area contributed by atoms with Crippen LogP contribution in [0.2, 0.25) is 0 Å². The van der Waals surface area contributed by atoms with Crippen LogP contribution in [0.4, 0.5) is 4.39 Å². The molecule has 0 spiro atoms. The highest BCUT2D eigenvalue weighted by Crippen LogP contribution is 2.32. The van der Waals surface area contributed by atoms with Crippen molar-refractivity contribution in [2.75, 3.05) is 20.3 Å². The summed E-state index contributed by atoms with van der Waals surface area (Å²) >= 11 is 0. The van der Waals surface area contributed by atoms with Gasteiger partial charge in [-0.05, 0) is 55.0 Å². The molecule has 30 heavy (non-hydrogen) atoms. The molecule has 1 aromatic heterocycles. The Kier molecular flexibility index (Phi) is 8.74. The van der Waals surface area contributed by atoms with Crippen LogP contribution in [0.1, 0.15) is 70.5 Å². The standard InChI is InChI=1S/C25H35FO4/c1-3-4-5-6-15-29-22-14-12-20-16-21(30-25(27)23(20)24(22)26)13-11-18-7-9-19(10-8-18)17-28-2/h12,14,16,18-19H,3-11,13,15,17H2,1-2H3. The van der Waals surface area contributed by atoms with Crippen molar-refractivity contribution in [3.63, 3.8) is 0 Å². The van der Waals surface area contributed by atoms with E-state index in [1.165, 1.54) is 25.7 Å².